The van der Waals surface area contributed by atoms with Gasteiger partial charge in [-0.25, -0.2) is 9.59 Å². The Morgan fingerprint density at radius 3 is 2.00 bits per heavy atom. The van der Waals surface area contributed by atoms with Crippen LogP contribution in [0.2, 0.25) is 0 Å². The summed E-state index contributed by atoms with van der Waals surface area (Å²) in [5, 5.41) is 2.37. The van der Waals surface area contributed by atoms with Crippen LogP contribution in [-0.2, 0) is 14.3 Å². The van der Waals surface area contributed by atoms with Crippen molar-refractivity contribution < 1.29 is 21.8 Å². The molecular formula is C13H24INO4. The van der Waals surface area contributed by atoms with Crippen molar-refractivity contribution >= 4 is 34.7 Å². The van der Waals surface area contributed by atoms with Crippen LogP contribution < -0.4 is 5.32 Å². The van der Waals surface area contributed by atoms with Crippen LogP contribution in [0.25, 0.3) is 0 Å². The van der Waals surface area contributed by atoms with E-state index < -0.39 is 33.7 Å². The van der Waals surface area contributed by atoms with Crippen LogP contribution in [0, 0.1) is 0 Å². The highest BCUT2D eigenvalue weighted by Gasteiger charge is 2.27. The Balaban J connectivity index is 4.91. The van der Waals surface area contributed by atoms with E-state index in [1.807, 2.05) is 0 Å². The van der Waals surface area contributed by atoms with E-state index in [0.717, 1.165) is 0 Å². The normalized spacial score (nSPS) is 15.9. The van der Waals surface area contributed by atoms with E-state index in [0.29, 0.717) is 0 Å². The molecule has 112 valence electrons. The number of ether oxygens (including phenoxy) is 2. The number of hydrogen-bond donors (Lipinski definition) is 1. The largest absolute Gasteiger partial charge is 0.458 e. The lowest BCUT2D eigenvalue weighted by molar-refractivity contribution is -0.157. The summed E-state index contributed by atoms with van der Waals surface area (Å²) in [5.74, 6) is -0.686. The van der Waals surface area contributed by atoms with Gasteiger partial charge in [0.2, 0.25) is 0 Å². The van der Waals surface area contributed by atoms with Crippen LogP contribution in [0.3, 0.4) is 0 Å². The first kappa shape index (κ1) is 14.9. The second-order valence-corrected chi connectivity index (χ2v) is 6.83. The smallest absolute Gasteiger partial charge is 0.408 e. The van der Waals surface area contributed by atoms with Gasteiger partial charge in [-0.1, -0.05) is 22.6 Å². The number of nitrogens with one attached hydrogen (secondary N) is 1. The fourth-order valence-corrected chi connectivity index (χ4v) is 1.53. The molecule has 0 aromatic carbocycles. The Kier molecular flexibility index (Phi) is 5.72. The highest BCUT2D eigenvalue weighted by atomic mass is 127. The average Bonchev–Trinajstić information content (AvgIpc) is 2.07. The molecule has 0 fully saturated rings. The van der Waals surface area contributed by atoms with Crippen molar-refractivity contribution in [3.05, 3.63) is 0 Å². The first-order chi connectivity index (χ1) is 9.09. The highest BCUT2D eigenvalue weighted by Crippen LogP contribution is 2.12. The Morgan fingerprint density at radius 2 is 1.63 bits per heavy atom. The monoisotopic (exact) mass is 389 g/mol. The third-order valence-corrected chi connectivity index (χ3v) is 2.10. The predicted molar refractivity (Wildman–Crippen MR) is 82.5 cm³/mol. The molecule has 0 spiro atoms. The van der Waals surface area contributed by atoms with Gasteiger partial charge in [-0.05, 0) is 48.0 Å². The van der Waals surface area contributed by atoms with Gasteiger partial charge in [-0.2, -0.15) is 0 Å². The number of rotatable bonds is 4. The molecule has 0 unspecified atom stereocenters. The van der Waals surface area contributed by atoms with E-state index in [4.69, 9.17) is 12.2 Å². The Labute approximate surface area is 131 Å². The Bertz CT molecular complexity index is 383. The fraction of sp³-hybridized carbons (Fsp3) is 0.846. The lowest BCUT2D eigenvalue weighted by Crippen LogP contribution is -2.46. The van der Waals surface area contributed by atoms with Crippen molar-refractivity contribution in [2.45, 2.75) is 65.2 Å². The maximum absolute atomic E-state index is 12.1. The molecule has 6 heteroatoms. The number of alkyl halides is 1. The third kappa shape index (κ3) is 9.98. The van der Waals surface area contributed by atoms with Crippen LogP contribution >= 0.6 is 22.6 Å². The number of amides is 1. The number of halogens is 1. The number of alkyl carbamates (subject to hydrolysis) is 1. The number of esters is 1. The predicted octanol–water partition coefficient (Wildman–Crippen LogP) is 3.05. The van der Waals surface area contributed by atoms with E-state index in [9.17, 15) is 9.59 Å². The molecule has 1 N–H and O–H groups in total. The van der Waals surface area contributed by atoms with Crippen molar-refractivity contribution in [2.24, 2.45) is 0 Å². The molecular weight excluding hydrogens is 361 g/mol. The van der Waals surface area contributed by atoms with Crippen molar-refractivity contribution in [3.63, 3.8) is 0 Å². The number of carbonyl (C=O) groups excluding carboxylic acids is 2. The van der Waals surface area contributed by atoms with Gasteiger partial charge < -0.3 is 14.8 Å². The molecule has 0 aliphatic rings. The summed E-state index contributed by atoms with van der Waals surface area (Å²) in [6, 6.07) is -1.11. The molecule has 0 saturated heterocycles. The summed E-state index contributed by atoms with van der Waals surface area (Å²) in [4.78, 5) is 23.8. The summed E-state index contributed by atoms with van der Waals surface area (Å²) < 4.78 is 23.7. The molecule has 0 aromatic heterocycles. The number of hydrogen-bond acceptors (Lipinski definition) is 4. The molecule has 0 aliphatic carbocycles. The molecule has 0 radical (unpaired) electrons. The van der Waals surface area contributed by atoms with E-state index in [1.165, 1.54) is 0 Å². The topological polar surface area (TPSA) is 64.6 Å². The molecule has 0 aromatic rings. The average molecular weight is 389 g/mol. The third-order valence-electron chi connectivity index (χ3n) is 1.66. The van der Waals surface area contributed by atoms with E-state index in [2.05, 4.69) is 5.32 Å². The molecule has 5 nitrogen and oxygen atoms in total. The molecule has 0 heterocycles. The quantitative estimate of drug-likeness (QED) is 0.456. The Morgan fingerprint density at radius 1 is 1.16 bits per heavy atom. The standard InChI is InChI=1S/C13H24INO4/c1-12(2,3)18-10(16)9(7-8-14)15-11(17)19-13(4,5)6/h9H,7-8H2,1-6H3,(H,15,17)/t9-/m0/s1/i8T2. The summed E-state index contributed by atoms with van der Waals surface area (Å²) in [5.41, 5.74) is -1.42. The van der Waals surface area contributed by atoms with Crippen LogP contribution in [0.1, 0.15) is 50.7 Å². The fourth-order valence-electron chi connectivity index (χ4n) is 1.09. The van der Waals surface area contributed by atoms with Crippen molar-refractivity contribution in [1.29, 1.82) is 0 Å². The maximum atomic E-state index is 12.1. The SMILES string of the molecule is [3H]C([3H])(I)C[C@H](NC(=O)OC(C)(C)C)C(=O)OC(C)(C)C. The lowest BCUT2D eigenvalue weighted by atomic mass is 10.1. The first-order valence-electron chi connectivity index (χ1n) is 7.00. The summed E-state index contributed by atoms with van der Waals surface area (Å²) in [6.45, 7) is 10.2. The maximum Gasteiger partial charge on any atom is 0.408 e. The molecule has 0 aliphatic heterocycles. The second kappa shape index (κ2) is 7.31. The summed E-state index contributed by atoms with van der Waals surface area (Å²) in [6.07, 6.45) is -0.985. The van der Waals surface area contributed by atoms with Gasteiger partial charge in [0.15, 0.2) is 0 Å². The van der Waals surface area contributed by atoms with Crippen molar-refractivity contribution in [1.82, 2.24) is 5.32 Å². The van der Waals surface area contributed by atoms with Crippen LogP contribution in [0.4, 0.5) is 4.79 Å². The van der Waals surface area contributed by atoms with Gasteiger partial charge in [0.05, 0.1) is 0 Å². The Hall–Kier alpha value is -0.530. The van der Waals surface area contributed by atoms with E-state index in [1.54, 1.807) is 64.1 Å². The zero-order chi connectivity index (χ0) is 17.1. The molecule has 0 saturated carbocycles. The summed E-state index contributed by atoms with van der Waals surface area (Å²) >= 11 is 1.57. The lowest BCUT2D eigenvalue weighted by Gasteiger charge is -2.26. The molecule has 19 heavy (non-hydrogen) atoms. The van der Waals surface area contributed by atoms with Crippen molar-refractivity contribution in [3.8, 4) is 0 Å². The van der Waals surface area contributed by atoms with Gasteiger partial charge in [0, 0.05) is 7.12 Å². The van der Waals surface area contributed by atoms with Gasteiger partial charge in [0.25, 0.3) is 0 Å². The minimum atomic E-state index is -1.66. The van der Waals surface area contributed by atoms with Crippen LogP contribution in [0.15, 0.2) is 0 Å². The zero-order valence-electron chi connectivity index (χ0n) is 14.3. The molecule has 1 amide bonds. The summed E-state index contributed by atoms with van der Waals surface area (Å²) in [7, 11) is 0. The van der Waals surface area contributed by atoms with E-state index >= 15 is 0 Å². The molecule has 0 bridgehead atoms. The minimum Gasteiger partial charge on any atom is -0.458 e. The van der Waals surface area contributed by atoms with E-state index in [-0.39, 0.29) is 6.42 Å². The first-order valence-corrected chi connectivity index (χ1v) is 7.08. The minimum absolute atomic E-state index is 0.207. The second-order valence-electron chi connectivity index (χ2n) is 6.07. The van der Waals surface area contributed by atoms with Crippen LogP contribution in [-0.4, -0.2) is 33.7 Å². The van der Waals surface area contributed by atoms with Gasteiger partial charge >= 0.3 is 12.1 Å². The van der Waals surface area contributed by atoms with Gasteiger partial charge in [-0.3, -0.25) is 0 Å². The van der Waals surface area contributed by atoms with Gasteiger partial charge in [-0.15, -0.1) is 0 Å². The highest BCUT2D eigenvalue weighted by molar-refractivity contribution is 14.1. The van der Waals surface area contributed by atoms with Gasteiger partial charge in [0.1, 0.15) is 17.2 Å². The van der Waals surface area contributed by atoms with Crippen molar-refractivity contribution in [2.75, 3.05) is 4.38 Å². The van der Waals surface area contributed by atoms with Crippen LogP contribution in [0.5, 0.6) is 0 Å². The number of carbonyl (C=O) groups is 2. The zero-order valence-corrected chi connectivity index (χ0v) is 14.5. The molecule has 0 rings (SSSR count). The molecule has 1 atom stereocenters.